The standard InChI is InChI=1S/C14H11BrN2O/c15-13-5-12(6-16-7-13)14(18)17-8-10-3-1-2-4-11(10)9-17/h1-7H,8-9H2. The van der Waals surface area contributed by atoms with Gasteiger partial charge in [0.15, 0.2) is 0 Å². The van der Waals surface area contributed by atoms with Crippen LogP contribution in [0.15, 0.2) is 47.2 Å². The van der Waals surface area contributed by atoms with E-state index >= 15 is 0 Å². The van der Waals surface area contributed by atoms with Gasteiger partial charge in [-0.05, 0) is 33.1 Å². The molecule has 0 bridgehead atoms. The molecule has 90 valence electrons. The Morgan fingerprint density at radius 2 is 1.83 bits per heavy atom. The van der Waals surface area contributed by atoms with E-state index in [-0.39, 0.29) is 5.91 Å². The third-order valence-corrected chi connectivity index (χ3v) is 3.51. The van der Waals surface area contributed by atoms with Gasteiger partial charge in [-0.25, -0.2) is 0 Å². The van der Waals surface area contributed by atoms with Gasteiger partial charge in [0.1, 0.15) is 0 Å². The Morgan fingerprint density at radius 3 is 2.44 bits per heavy atom. The summed E-state index contributed by atoms with van der Waals surface area (Å²) in [7, 11) is 0. The van der Waals surface area contributed by atoms with Crippen molar-refractivity contribution < 1.29 is 4.79 Å². The number of rotatable bonds is 1. The Labute approximate surface area is 114 Å². The van der Waals surface area contributed by atoms with Crippen LogP contribution in [0.3, 0.4) is 0 Å². The maximum absolute atomic E-state index is 12.3. The number of aromatic nitrogens is 1. The lowest BCUT2D eigenvalue weighted by molar-refractivity contribution is 0.0751. The van der Waals surface area contributed by atoms with Crippen molar-refractivity contribution in [3.63, 3.8) is 0 Å². The van der Waals surface area contributed by atoms with Crippen molar-refractivity contribution in [3.05, 3.63) is 63.9 Å². The molecule has 2 heterocycles. The molecule has 3 nitrogen and oxygen atoms in total. The zero-order valence-corrected chi connectivity index (χ0v) is 11.2. The van der Waals surface area contributed by atoms with Crippen LogP contribution in [0.4, 0.5) is 0 Å². The molecule has 0 atom stereocenters. The van der Waals surface area contributed by atoms with Crippen LogP contribution >= 0.6 is 15.9 Å². The van der Waals surface area contributed by atoms with Gasteiger partial charge in [-0.15, -0.1) is 0 Å². The van der Waals surface area contributed by atoms with Gasteiger partial charge in [-0.1, -0.05) is 24.3 Å². The van der Waals surface area contributed by atoms with Crippen molar-refractivity contribution in [2.24, 2.45) is 0 Å². The third kappa shape index (κ3) is 2.04. The van der Waals surface area contributed by atoms with Crippen molar-refractivity contribution in [1.82, 2.24) is 9.88 Å². The van der Waals surface area contributed by atoms with E-state index in [1.807, 2.05) is 17.0 Å². The van der Waals surface area contributed by atoms with Crippen LogP contribution in [0.5, 0.6) is 0 Å². The fourth-order valence-corrected chi connectivity index (χ4v) is 2.55. The number of nitrogens with zero attached hydrogens (tertiary/aromatic N) is 2. The maximum atomic E-state index is 12.3. The first-order valence-electron chi connectivity index (χ1n) is 5.70. The number of hydrogen-bond donors (Lipinski definition) is 0. The largest absolute Gasteiger partial charge is 0.330 e. The minimum absolute atomic E-state index is 0.0278. The first kappa shape index (κ1) is 11.4. The average Bonchev–Trinajstić information content (AvgIpc) is 2.81. The SMILES string of the molecule is O=C(c1cncc(Br)c1)N1Cc2ccccc2C1. The van der Waals surface area contributed by atoms with Crippen LogP contribution in [0.25, 0.3) is 0 Å². The van der Waals surface area contributed by atoms with E-state index in [2.05, 4.69) is 33.0 Å². The number of pyridine rings is 1. The van der Waals surface area contributed by atoms with Crippen LogP contribution in [-0.2, 0) is 13.1 Å². The molecule has 1 aliphatic heterocycles. The lowest BCUT2D eigenvalue weighted by atomic mass is 10.1. The molecule has 1 aromatic carbocycles. The second-order valence-electron chi connectivity index (χ2n) is 4.32. The minimum atomic E-state index is 0.0278. The number of hydrogen-bond acceptors (Lipinski definition) is 2. The fourth-order valence-electron chi connectivity index (χ4n) is 2.19. The lowest BCUT2D eigenvalue weighted by Crippen LogP contribution is -2.25. The van der Waals surface area contributed by atoms with E-state index in [0.717, 1.165) is 4.47 Å². The van der Waals surface area contributed by atoms with E-state index < -0.39 is 0 Å². The summed E-state index contributed by atoms with van der Waals surface area (Å²) in [6.45, 7) is 1.36. The summed E-state index contributed by atoms with van der Waals surface area (Å²) in [5.74, 6) is 0.0278. The second-order valence-corrected chi connectivity index (χ2v) is 5.24. The quantitative estimate of drug-likeness (QED) is 0.811. The molecule has 0 unspecified atom stereocenters. The third-order valence-electron chi connectivity index (χ3n) is 3.08. The topological polar surface area (TPSA) is 33.2 Å². The molecule has 0 fully saturated rings. The van der Waals surface area contributed by atoms with Gasteiger partial charge in [0.25, 0.3) is 5.91 Å². The van der Waals surface area contributed by atoms with Crippen molar-refractivity contribution in [2.45, 2.75) is 13.1 Å². The zero-order valence-electron chi connectivity index (χ0n) is 9.64. The lowest BCUT2D eigenvalue weighted by Gasteiger charge is -2.15. The zero-order chi connectivity index (χ0) is 12.5. The van der Waals surface area contributed by atoms with Gasteiger partial charge in [-0.2, -0.15) is 0 Å². The Balaban J connectivity index is 1.84. The van der Waals surface area contributed by atoms with Gasteiger partial charge >= 0.3 is 0 Å². The molecule has 0 radical (unpaired) electrons. The van der Waals surface area contributed by atoms with Crippen molar-refractivity contribution in [1.29, 1.82) is 0 Å². The molecule has 1 aliphatic rings. The Bertz CT molecular complexity index is 587. The van der Waals surface area contributed by atoms with Crippen molar-refractivity contribution in [3.8, 4) is 0 Å². The summed E-state index contributed by atoms with van der Waals surface area (Å²) in [5, 5.41) is 0. The predicted octanol–water partition coefficient (Wildman–Crippen LogP) is 3.00. The molecule has 1 amide bonds. The van der Waals surface area contributed by atoms with E-state index in [1.165, 1.54) is 11.1 Å². The van der Waals surface area contributed by atoms with Crippen molar-refractivity contribution in [2.75, 3.05) is 0 Å². The summed E-state index contributed by atoms with van der Waals surface area (Å²) in [4.78, 5) is 18.2. The van der Waals surface area contributed by atoms with Gasteiger partial charge < -0.3 is 4.90 Å². The smallest absolute Gasteiger partial charge is 0.256 e. The van der Waals surface area contributed by atoms with Gasteiger partial charge in [0.2, 0.25) is 0 Å². The fraction of sp³-hybridized carbons (Fsp3) is 0.143. The highest BCUT2D eigenvalue weighted by atomic mass is 79.9. The van der Waals surface area contributed by atoms with Crippen LogP contribution in [0, 0.1) is 0 Å². The number of fused-ring (bicyclic) bond motifs is 1. The van der Waals surface area contributed by atoms with Crippen LogP contribution in [0.2, 0.25) is 0 Å². The number of amides is 1. The molecular formula is C14H11BrN2O. The first-order chi connectivity index (χ1) is 8.74. The molecule has 4 heteroatoms. The number of carbonyl (C=O) groups excluding carboxylic acids is 1. The number of halogens is 1. The molecule has 0 aliphatic carbocycles. The van der Waals surface area contributed by atoms with Gasteiger partial charge in [-0.3, -0.25) is 9.78 Å². The molecule has 0 saturated heterocycles. The average molecular weight is 303 g/mol. The highest BCUT2D eigenvalue weighted by molar-refractivity contribution is 9.10. The van der Waals surface area contributed by atoms with Crippen molar-refractivity contribution >= 4 is 21.8 Å². The summed E-state index contributed by atoms with van der Waals surface area (Å²) in [6, 6.07) is 9.96. The Morgan fingerprint density at radius 1 is 1.17 bits per heavy atom. The molecule has 1 aromatic heterocycles. The summed E-state index contributed by atoms with van der Waals surface area (Å²) < 4.78 is 0.824. The Kier molecular flexibility index (Phi) is 2.88. The molecule has 0 N–H and O–H groups in total. The molecule has 2 aromatic rings. The van der Waals surface area contributed by atoms with Crippen LogP contribution in [-0.4, -0.2) is 15.8 Å². The number of carbonyl (C=O) groups is 1. The summed E-state index contributed by atoms with van der Waals surface area (Å²) in [6.07, 6.45) is 3.28. The monoisotopic (exact) mass is 302 g/mol. The first-order valence-corrected chi connectivity index (χ1v) is 6.50. The van der Waals surface area contributed by atoms with Crippen LogP contribution < -0.4 is 0 Å². The minimum Gasteiger partial charge on any atom is -0.330 e. The Hall–Kier alpha value is -1.68. The van der Waals surface area contributed by atoms with Crippen LogP contribution in [0.1, 0.15) is 21.5 Å². The highest BCUT2D eigenvalue weighted by Gasteiger charge is 2.23. The normalized spacial score (nSPS) is 13.5. The maximum Gasteiger partial charge on any atom is 0.256 e. The molecular weight excluding hydrogens is 292 g/mol. The summed E-state index contributed by atoms with van der Waals surface area (Å²) >= 11 is 3.33. The molecule has 18 heavy (non-hydrogen) atoms. The summed E-state index contributed by atoms with van der Waals surface area (Å²) in [5.41, 5.74) is 3.08. The van der Waals surface area contributed by atoms with Gasteiger partial charge in [0.05, 0.1) is 5.56 Å². The van der Waals surface area contributed by atoms with Gasteiger partial charge in [0, 0.05) is 30.0 Å². The van der Waals surface area contributed by atoms with E-state index in [4.69, 9.17) is 0 Å². The number of benzene rings is 1. The predicted molar refractivity (Wildman–Crippen MR) is 72.0 cm³/mol. The highest BCUT2D eigenvalue weighted by Crippen LogP contribution is 2.24. The van der Waals surface area contributed by atoms with E-state index in [1.54, 1.807) is 18.5 Å². The van der Waals surface area contributed by atoms with E-state index in [9.17, 15) is 4.79 Å². The molecule has 0 spiro atoms. The molecule has 0 saturated carbocycles. The molecule has 3 rings (SSSR count). The van der Waals surface area contributed by atoms with E-state index in [0.29, 0.717) is 18.7 Å². The second kappa shape index (κ2) is 4.53.